The molecule has 1 N–H and O–H groups in total. The molecule has 0 aliphatic rings. The maximum atomic E-state index is 5.98. The van der Waals surface area contributed by atoms with E-state index >= 15 is 0 Å². The zero-order chi connectivity index (χ0) is 12.1. The summed E-state index contributed by atoms with van der Waals surface area (Å²) in [4.78, 5) is 8.41. The van der Waals surface area contributed by atoms with Crippen molar-refractivity contribution in [2.75, 3.05) is 25.6 Å². The third-order valence-electron chi connectivity index (χ3n) is 2.27. The fraction of sp³-hybridized carbons (Fsp3) is 0.636. The molecule has 0 spiro atoms. The van der Waals surface area contributed by atoms with E-state index in [0.717, 1.165) is 24.5 Å². The van der Waals surface area contributed by atoms with Gasteiger partial charge in [0.15, 0.2) is 0 Å². The van der Waals surface area contributed by atoms with Crippen LogP contribution in [0.5, 0.6) is 0 Å². The predicted octanol–water partition coefficient (Wildman–Crippen LogP) is 2.44. The summed E-state index contributed by atoms with van der Waals surface area (Å²) in [5.74, 6) is 1.91. The summed E-state index contributed by atoms with van der Waals surface area (Å²) in [6.45, 7) is 7.38. The lowest BCUT2D eigenvalue weighted by molar-refractivity contribution is 0.164. The van der Waals surface area contributed by atoms with Crippen molar-refractivity contribution in [1.82, 2.24) is 9.97 Å². The highest BCUT2D eigenvalue weighted by Crippen LogP contribution is 2.19. The molecule has 4 nitrogen and oxygen atoms in total. The van der Waals surface area contributed by atoms with Crippen LogP contribution in [-0.4, -0.2) is 30.2 Å². The van der Waals surface area contributed by atoms with Crippen molar-refractivity contribution in [2.24, 2.45) is 5.92 Å². The SMILES string of the molecule is COCC(C)CNc1nc(C)nc(Cl)c1C. The molecule has 5 heteroatoms. The van der Waals surface area contributed by atoms with Gasteiger partial charge < -0.3 is 10.1 Å². The molecule has 1 heterocycles. The van der Waals surface area contributed by atoms with E-state index in [9.17, 15) is 0 Å². The summed E-state index contributed by atoms with van der Waals surface area (Å²) in [6.07, 6.45) is 0. The summed E-state index contributed by atoms with van der Waals surface area (Å²) in [6, 6.07) is 0. The van der Waals surface area contributed by atoms with Crippen molar-refractivity contribution in [1.29, 1.82) is 0 Å². The van der Waals surface area contributed by atoms with E-state index in [1.54, 1.807) is 7.11 Å². The van der Waals surface area contributed by atoms with Gasteiger partial charge in [-0.25, -0.2) is 9.97 Å². The van der Waals surface area contributed by atoms with Crippen LogP contribution in [0.15, 0.2) is 0 Å². The predicted molar refractivity (Wildman–Crippen MR) is 66.0 cm³/mol. The molecular formula is C11H18ClN3O. The average Bonchev–Trinajstić information content (AvgIpc) is 2.21. The van der Waals surface area contributed by atoms with E-state index in [1.165, 1.54) is 0 Å². The number of methoxy groups -OCH3 is 1. The third kappa shape index (κ3) is 3.61. The number of aryl methyl sites for hydroxylation is 1. The number of hydrogen-bond acceptors (Lipinski definition) is 4. The Morgan fingerprint density at radius 3 is 2.69 bits per heavy atom. The molecule has 1 rings (SSSR count). The van der Waals surface area contributed by atoms with E-state index in [2.05, 4.69) is 22.2 Å². The number of anilines is 1. The Hall–Kier alpha value is -0.870. The molecule has 0 aliphatic heterocycles. The van der Waals surface area contributed by atoms with Gasteiger partial charge in [0.25, 0.3) is 0 Å². The minimum Gasteiger partial charge on any atom is -0.384 e. The van der Waals surface area contributed by atoms with Crippen LogP contribution in [0.1, 0.15) is 18.3 Å². The van der Waals surface area contributed by atoms with E-state index in [1.807, 2.05) is 13.8 Å². The van der Waals surface area contributed by atoms with Crippen LogP contribution in [0.25, 0.3) is 0 Å². The van der Waals surface area contributed by atoms with Crippen molar-refractivity contribution >= 4 is 17.4 Å². The molecule has 0 saturated heterocycles. The Bertz CT molecular complexity index is 357. The van der Waals surface area contributed by atoms with Crippen LogP contribution in [0.2, 0.25) is 5.15 Å². The van der Waals surface area contributed by atoms with Gasteiger partial charge in [-0.3, -0.25) is 0 Å². The minimum absolute atomic E-state index is 0.429. The standard InChI is InChI=1S/C11H18ClN3O/c1-7(6-16-4)5-13-11-8(2)10(12)14-9(3)15-11/h7H,5-6H2,1-4H3,(H,13,14,15). The topological polar surface area (TPSA) is 47.0 Å². The Balaban J connectivity index is 2.66. The first-order chi connectivity index (χ1) is 7.54. The van der Waals surface area contributed by atoms with Crippen LogP contribution in [-0.2, 0) is 4.74 Å². The van der Waals surface area contributed by atoms with E-state index in [-0.39, 0.29) is 0 Å². The zero-order valence-electron chi connectivity index (χ0n) is 10.2. The lowest BCUT2D eigenvalue weighted by atomic mass is 10.2. The molecule has 0 bridgehead atoms. The van der Waals surface area contributed by atoms with Crippen LogP contribution in [0.4, 0.5) is 5.82 Å². The first-order valence-corrected chi connectivity index (χ1v) is 5.66. The quantitative estimate of drug-likeness (QED) is 0.807. The van der Waals surface area contributed by atoms with Gasteiger partial charge in [0, 0.05) is 19.2 Å². The molecule has 0 aliphatic carbocycles. The summed E-state index contributed by atoms with van der Waals surface area (Å²) >= 11 is 5.98. The fourth-order valence-electron chi connectivity index (χ4n) is 1.38. The smallest absolute Gasteiger partial charge is 0.137 e. The van der Waals surface area contributed by atoms with Gasteiger partial charge in [-0.2, -0.15) is 0 Å². The van der Waals surface area contributed by atoms with Crippen LogP contribution < -0.4 is 5.32 Å². The second kappa shape index (κ2) is 6.01. The number of ether oxygens (including phenoxy) is 1. The Morgan fingerprint density at radius 1 is 1.38 bits per heavy atom. The molecule has 16 heavy (non-hydrogen) atoms. The van der Waals surface area contributed by atoms with Gasteiger partial charge in [-0.05, 0) is 19.8 Å². The van der Waals surface area contributed by atoms with E-state index in [0.29, 0.717) is 16.9 Å². The number of rotatable bonds is 5. The molecule has 1 aromatic rings. The summed E-state index contributed by atoms with van der Waals surface area (Å²) in [7, 11) is 1.70. The molecule has 0 fully saturated rings. The summed E-state index contributed by atoms with van der Waals surface area (Å²) in [5.41, 5.74) is 0.886. The molecule has 1 atom stereocenters. The summed E-state index contributed by atoms with van der Waals surface area (Å²) < 4.78 is 5.07. The maximum Gasteiger partial charge on any atom is 0.137 e. The second-order valence-electron chi connectivity index (χ2n) is 3.98. The third-order valence-corrected chi connectivity index (χ3v) is 2.64. The number of hydrogen-bond donors (Lipinski definition) is 1. The van der Waals surface area contributed by atoms with E-state index < -0.39 is 0 Å². The minimum atomic E-state index is 0.429. The number of nitrogens with one attached hydrogen (secondary N) is 1. The first-order valence-electron chi connectivity index (χ1n) is 5.28. The second-order valence-corrected chi connectivity index (χ2v) is 4.33. The molecule has 0 amide bonds. The Kier molecular flexibility index (Phi) is 4.96. The maximum absolute atomic E-state index is 5.98. The highest BCUT2D eigenvalue weighted by molar-refractivity contribution is 6.30. The van der Waals surface area contributed by atoms with Crippen molar-refractivity contribution in [2.45, 2.75) is 20.8 Å². The van der Waals surface area contributed by atoms with Crippen molar-refractivity contribution < 1.29 is 4.74 Å². The molecule has 0 saturated carbocycles. The lowest BCUT2D eigenvalue weighted by Gasteiger charge is -2.14. The van der Waals surface area contributed by atoms with Gasteiger partial charge in [0.05, 0.1) is 6.61 Å². The van der Waals surface area contributed by atoms with Crippen molar-refractivity contribution in [3.63, 3.8) is 0 Å². The number of halogens is 1. The van der Waals surface area contributed by atoms with Crippen molar-refractivity contribution in [3.8, 4) is 0 Å². The van der Waals surface area contributed by atoms with Crippen LogP contribution >= 0.6 is 11.6 Å². The molecular weight excluding hydrogens is 226 g/mol. The largest absolute Gasteiger partial charge is 0.384 e. The van der Waals surface area contributed by atoms with Gasteiger partial charge in [0.2, 0.25) is 0 Å². The van der Waals surface area contributed by atoms with Gasteiger partial charge in [-0.1, -0.05) is 18.5 Å². The van der Waals surface area contributed by atoms with Gasteiger partial charge in [-0.15, -0.1) is 0 Å². The molecule has 0 radical (unpaired) electrons. The molecule has 90 valence electrons. The zero-order valence-corrected chi connectivity index (χ0v) is 10.9. The van der Waals surface area contributed by atoms with Gasteiger partial charge in [0.1, 0.15) is 16.8 Å². The highest BCUT2D eigenvalue weighted by atomic mass is 35.5. The van der Waals surface area contributed by atoms with Crippen LogP contribution in [0, 0.1) is 19.8 Å². The average molecular weight is 244 g/mol. The monoisotopic (exact) mass is 243 g/mol. The normalized spacial score (nSPS) is 12.6. The Morgan fingerprint density at radius 2 is 2.06 bits per heavy atom. The lowest BCUT2D eigenvalue weighted by Crippen LogP contribution is -2.17. The highest BCUT2D eigenvalue weighted by Gasteiger charge is 2.08. The molecule has 1 aromatic heterocycles. The van der Waals surface area contributed by atoms with Gasteiger partial charge >= 0.3 is 0 Å². The van der Waals surface area contributed by atoms with Crippen molar-refractivity contribution in [3.05, 3.63) is 16.5 Å². The van der Waals surface area contributed by atoms with Crippen LogP contribution in [0.3, 0.4) is 0 Å². The fourth-order valence-corrected chi connectivity index (χ4v) is 1.59. The summed E-state index contributed by atoms with van der Waals surface area (Å²) in [5, 5.41) is 3.77. The Labute approximate surface area is 101 Å². The molecule has 1 unspecified atom stereocenters. The first kappa shape index (κ1) is 13.2. The number of nitrogens with zero attached hydrogens (tertiary/aromatic N) is 2. The van der Waals surface area contributed by atoms with E-state index in [4.69, 9.17) is 16.3 Å². The number of aromatic nitrogens is 2. The molecule has 0 aromatic carbocycles.